The van der Waals surface area contributed by atoms with E-state index in [4.69, 9.17) is 9.26 Å². The number of likely N-dealkylation sites (tertiary alicyclic amines) is 1. The number of hydrogen-bond acceptors (Lipinski definition) is 6. The fraction of sp³-hybridized carbons (Fsp3) is 0.348. The summed E-state index contributed by atoms with van der Waals surface area (Å²) in [6.07, 6.45) is 0.386. The maximum absolute atomic E-state index is 12.7. The minimum atomic E-state index is -0.0762. The van der Waals surface area contributed by atoms with Crippen molar-refractivity contribution in [2.75, 3.05) is 32.6 Å². The standard InChI is InChI=1S/C23H26N4O3/c1-15(16-8-10-20(29-4)11-9-16)27-14-18(13-21(27)28)22-24-23(30-25-22)17-6-5-7-19(12-17)26(2)3/h5-12,15,18H,13-14H2,1-4H3. The number of aromatic nitrogens is 2. The molecule has 1 amide bonds. The topological polar surface area (TPSA) is 71.7 Å². The van der Waals surface area contributed by atoms with Crippen LogP contribution in [0.4, 0.5) is 5.69 Å². The number of hydrogen-bond donors (Lipinski definition) is 0. The Morgan fingerprint density at radius 2 is 1.97 bits per heavy atom. The minimum Gasteiger partial charge on any atom is -0.497 e. The molecule has 3 aromatic rings. The highest BCUT2D eigenvalue weighted by atomic mass is 16.5. The van der Waals surface area contributed by atoms with Crippen LogP contribution in [0.3, 0.4) is 0 Å². The molecule has 0 saturated carbocycles. The molecule has 1 aromatic heterocycles. The van der Waals surface area contributed by atoms with Crippen molar-refractivity contribution in [3.63, 3.8) is 0 Å². The van der Waals surface area contributed by atoms with Crippen molar-refractivity contribution in [3.8, 4) is 17.2 Å². The number of amides is 1. The van der Waals surface area contributed by atoms with Crippen LogP contribution in [0.2, 0.25) is 0 Å². The largest absolute Gasteiger partial charge is 0.497 e. The molecule has 0 spiro atoms. The van der Waals surface area contributed by atoms with Crippen molar-refractivity contribution in [3.05, 3.63) is 59.9 Å². The summed E-state index contributed by atoms with van der Waals surface area (Å²) in [5.41, 5.74) is 3.00. The number of nitrogens with zero attached hydrogens (tertiary/aromatic N) is 4. The van der Waals surface area contributed by atoms with Crippen molar-refractivity contribution in [2.45, 2.75) is 25.3 Å². The van der Waals surface area contributed by atoms with Gasteiger partial charge < -0.3 is 19.1 Å². The van der Waals surface area contributed by atoms with Gasteiger partial charge in [-0.2, -0.15) is 4.98 Å². The number of anilines is 1. The smallest absolute Gasteiger partial charge is 0.258 e. The lowest BCUT2D eigenvalue weighted by molar-refractivity contribution is -0.129. The van der Waals surface area contributed by atoms with Crippen LogP contribution in [0.5, 0.6) is 5.75 Å². The predicted octanol–water partition coefficient (Wildman–Crippen LogP) is 3.89. The van der Waals surface area contributed by atoms with E-state index in [0.717, 1.165) is 22.6 Å². The van der Waals surface area contributed by atoms with Crippen LogP contribution in [-0.4, -0.2) is 48.7 Å². The first-order chi connectivity index (χ1) is 14.5. The van der Waals surface area contributed by atoms with Crippen LogP contribution in [-0.2, 0) is 4.79 Å². The van der Waals surface area contributed by atoms with E-state index in [-0.39, 0.29) is 17.9 Å². The van der Waals surface area contributed by atoms with E-state index in [9.17, 15) is 4.79 Å². The van der Waals surface area contributed by atoms with Gasteiger partial charge >= 0.3 is 0 Å². The molecule has 2 unspecified atom stereocenters. The molecule has 1 aliphatic rings. The van der Waals surface area contributed by atoms with Crippen molar-refractivity contribution >= 4 is 11.6 Å². The monoisotopic (exact) mass is 406 g/mol. The Bertz CT molecular complexity index is 1030. The van der Waals surface area contributed by atoms with E-state index >= 15 is 0 Å². The van der Waals surface area contributed by atoms with Crippen LogP contribution in [0, 0.1) is 0 Å². The lowest BCUT2D eigenvalue weighted by Gasteiger charge is -2.25. The van der Waals surface area contributed by atoms with Gasteiger partial charge in [-0.1, -0.05) is 23.4 Å². The summed E-state index contributed by atoms with van der Waals surface area (Å²) >= 11 is 0. The SMILES string of the molecule is COc1ccc(C(C)N2CC(c3noc(-c4cccc(N(C)C)c4)n3)CC2=O)cc1. The first-order valence-corrected chi connectivity index (χ1v) is 10.0. The molecule has 7 heteroatoms. The number of methoxy groups -OCH3 is 1. The lowest BCUT2D eigenvalue weighted by Crippen LogP contribution is -2.28. The Morgan fingerprint density at radius 3 is 2.67 bits per heavy atom. The van der Waals surface area contributed by atoms with Gasteiger partial charge in [-0.3, -0.25) is 4.79 Å². The Hall–Kier alpha value is -3.35. The van der Waals surface area contributed by atoms with Crippen molar-refractivity contribution in [1.82, 2.24) is 15.0 Å². The highest BCUT2D eigenvalue weighted by Crippen LogP contribution is 2.34. The first-order valence-electron chi connectivity index (χ1n) is 10.0. The van der Waals surface area contributed by atoms with Gasteiger partial charge in [0.2, 0.25) is 5.91 Å². The summed E-state index contributed by atoms with van der Waals surface area (Å²) in [5.74, 6) is 1.88. The predicted molar refractivity (Wildman–Crippen MR) is 115 cm³/mol. The van der Waals surface area contributed by atoms with Crippen molar-refractivity contribution in [1.29, 1.82) is 0 Å². The summed E-state index contributed by atoms with van der Waals surface area (Å²) < 4.78 is 10.7. The summed E-state index contributed by atoms with van der Waals surface area (Å²) in [6, 6.07) is 15.7. The third kappa shape index (κ3) is 3.87. The Labute approximate surface area is 176 Å². The van der Waals surface area contributed by atoms with Crippen molar-refractivity contribution in [2.24, 2.45) is 0 Å². The number of carbonyl (C=O) groups excluding carboxylic acids is 1. The maximum Gasteiger partial charge on any atom is 0.258 e. The molecule has 2 aromatic carbocycles. The third-order valence-electron chi connectivity index (χ3n) is 5.64. The number of rotatable bonds is 6. The Kier molecular flexibility index (Phi) is 5.44. The van der Waals surface area contributed by atoms with Gasteiger partial charge in [0, 0.05) is 44.2 Å². The molecule has 30 heavy (non-hydrogen) atoms. The van der Waals surface area contributed by atoms with Crippen LogP contribution < -0.4 is 9.64 Å². The Morgan fingerprint density at radius 1 is 1.20 bits per heavy atom. The molecule has 0 bridgehead atoms. The average Bonchev–Trinajstić information content (AvgIpc) is 3.40. The molecular weight excluding hydrogens is 380 g/mol. The molecule has 0 aliphatic carbocycles. The molecule has 0 N–H and O–H groups in total. The van der Waals surface area contributed by atoms with Crippen LogP contribution in [0.25, 0.3) is 11.5 Å². The molecule has 1 saturated heterocycles. The van der Waals surface area contributed by atoms with E-state index in [1.54, 1.807) is 7.11 Å². The fourth-order valence-corrected chi connectivity index (χ4v) is 3.78. The maximum atomic E-state index is 12.7. The highest BCUT2D eigenvalue weighted by molar-refractivity contribution is 5.80. The van der Waals surface area contributed by atoms with Crippen molar-refractivity contribution < 1.29 is 14.1 Å². The molecule has 2 atom stereocenters. The molecule has 1 fully saturated rings. The molecule has 0 radical (unpaired) electrons. The molecule has 7 nitrogen and oxygen atoms in total. The van der Waals surface area contributed by atoms with E-state index in [1.807, 2.05) is 79.3 Å². The van der Waals surface area contributed by atoms with Crippen LogP contribution in [0.1, 0.15) is 36.7 Å². The Balaban J connectivity index is 1.50. The van der Waals surface area contributed by atoms with Gasteiger partial charge in [0.05, 0.1) is 13.2 Å². The fourth-order valence-electron chi connectivity index (χ4n) is 3.78. The van der Waals surface area contributed by atoms with Gasteiger partial charge in [-0.05, 0) is 42.8 Å². The van der Waals surface area contributed by atoms with Gasteiger partial charge in [0.15, 0.2) is 5.82 Å². The second-order valence-electron chi connectivity index (χ2n) is 7.80. The molecule has 156 valence electrons. The van der Waals surface area contributed by atoms with Gasteiger partial charge in [-0.25, -0.2) is 0 Å². The summed E-state index contributed by atoms with van der Waals surface area (Å²) in [7, 11) is 5.62. The van der Waals surface area contributed by atoms with E-state index in [1.165, 1.54) is 0 Å². The van der Waals surface area contributed by atoms with Crippen LogP contribution >= 0.6 is 0 Å². The molecule has 4 rings (SSSR count). The normalized spacial score (nSPS) is 17.3. The van der Waals surface area contributed by atoms with Gasteiger partial charge in [0.25, 0.3) is 5.89 Å². The zero-order chi connectivity index (χ0) is 21.3. The first kappa shape index (κ1) is 19.9. The molecule has 1 aliphatic heterocycles. The number of benzene rings is 2. The van der Waals surface area contributed by atoms with E-state index in [0.29, 0.717) is 24.7 Å². The highest BCUT2D eigenvalue weighted by Gasteiger charge is 2.36. The van der Waals surface area contributed by atoms with E-state index in [2.05, 4.69) is 10.1 Å². The zero-order valence-corrected chi connectivity index (χ0v) is 17.7. The second-order valence-corrected chi connectivity index (χ2v) is 7.80. The van der Waals surface area contributed by atoms with Gasteiger partial charge in [0.1, 0.15) is 5.75 Å². The average molecular weight is 406 g/mol. The summed E-state index contributed by atoms with van der Waals surface area (Å²) in [6.45, 7) is 2.61. The quantitative estimate of drug-likeness (QED) is 0.618. The van der Waals surface area contributed by atoms with Crippen LogP contribution in [0.15, 0.2) is 53.1 Å². The third-order valence-corrected chi connectivity index (χ3v) is 5.64. The van der Waals surface area contributed by atoms with Gasteiger partial charge in [-0.15, -0.1) is 0 Å². The second kappa shape index (κ2) is 8.18. The lowest BCUT2D eigenvalue weighted by atomic mass is 10.1. The minimum absolute atomic E-state index is 0.0310. The number of carbonyl (C=O) groups is 1. The number of ether oxygens (including phenoxy) is 1. The zero-order valence-electron chi connectivity index (χ0n) is 17.7. The molecule has 2 heterocycles. The van der Waals surface area contributed by atoms with E-state index < -0.39 is 0 Å². The molecular formula is C23H26N4O3. The summed E-state index contributed by atoms with van der Waals surface area (Å²) in [5, 5.41) is 4.18. The summed E-state index contributed by atoms with van der Waals surface area (Å²) in [4.78, 5) is 21.2.